The number of nitrogens with one attached hydrogen (secondary N) is 2. The second-order valence-corrected chi connectivity index (χ2v) is 7.40. The molecular formula is C21H37N5O. The number of nitrogens with zero attached hydrogens (tertiary/aromatic N) is 3. The molecule has 1 fully saturated rings. The molecule has 1 atom stereocenters. The SMILES string of the molecule is CCCC(CCO)CN=C(NCC)NC1CCN(Cc2ccccn2)CC1. The van der Waals surface area contributed by atoms with E-state index in [0.29, 0.717) is 12.0 Å². The Balaban J connectivity index is 1.80. The van der Waals surface area contributed by atoms with Gasteiger partial charge in [0.1, 0.15) is 0 Å². The maximum Gasteiger partial charge on any atom is 0.191 e. The van der Waals surface area contributed by atoms with Gasteiger partial charge in [-0.05, 0) is 50.7 Å². The first-order chi connectivity index (χ1) is 13.2. The summed E-state index contributed by atoms with van der Waals surface area (Å²) in [5.41, 5.74) is 1.14. The van der Waals surface area contributed by atoms with E-state index in [1.54, 1.807) is 0 Å². The van der Waals surface area contributed by atoms with Gasteiger partial charge in [0.15, 0.2) is 5.96 Å². The van der Waals surface area contributed by atoms with Gasteiger partial charge in [-0.3, -0.25) is 14.9 Å². The zero-order chi connectivity index (χ0) is 19.3. The number of hydrogen-bond donors (Lipinski definition) is 3. The number of aliphatic imine (C=N–C) groups is 1. The molecule has 152 valence electrons. The Hall–Kier alpha value is -1.66. The standard InChI is InChI=1S/C21H37N5O/c1-3-7-18(11-15-27)16-24-21(22-4-2)25-19-9-13-26(14-10-19)17-20-8-5-6-12-23-20/h5-6,8,12,18-19,27H,3-4,7,9-11,13-17H2,1-2H3,(H2,22,24,25). The maximum absolute atomic E-state index is 9.23. The predicted octanol–water partition coefficient (Wildman–Crippen LogP) is 2.40. The van der Waals surface area contributed by atoms with Crippen LogP contribution in [0.3, 0.4) is 0 Å². The van der Waals surface area contributed by atoms with E-state index in [9.17, 15) is 5.11 Å². The smallest absolute Gasteiger partial charge is 0.191 e. The van der Waals surface area contributed by atoms with Crippen LogP contribution < -0.4 is 10.6 Å². The number of aromatic nitrogens is 1. The third kappa shape index (κ3) is 8.26. The fourth-order valence-corrected chi connectivity index (χ4v) is 3.61. The van der Waals surface area contributed by atoms with Gasteiger partial charge < -0.3 is 15.7 Å². The molecule has 27 heavy (non-hydrogen) atoms. The van der Waals surface area contributed by atoms with Crippen LogP contribution in [0.4, 0.5) is 0 Å². The highest BCUT2D eigenvalue weighted by atomic mass is 16.3. The van der Waals surface area contributed by atoms with E-state index in [0.717, 1.165) is 76.5 Å². The van der Waals surface area contributed by atoms with Gasteiger partial charge in [-0.1, -0.05) is 19.4 Å². The Labute approximate surface area is 164 Å². The number of aliphatic hydroxyl groups excluding tert-OH is 1. The Morgan fingerprint density at radius 2 is 2.11 bits per heavy atom. The summed E-state index contributed by atoms with van der Waals surface area (Å²) in [6.45, 7) is 9.28. The van der Waals surface area contributed by atoms with Crippen molar-refractivity contribution >= 4 is 5.96 Å². The van der Waals surface area contributed by atoms with Crippen LogP contribution in [0.5, 0.6) is 0 Å². The first-order valence-corrected chi connectivity index (χ1v) is 10.5. The third-order valence-electron chi connectivity index (χ3n) is 5.13. The molecule has 0 saturated carbocycles. The van der Waals surface area contributed by atoms with Crippen LogP contribution >= 0.6 is 0 Å². The lowest BCUT2D eigenvalue weighted by Crippen LogP contribution is -2.48. The third-order valence-corrected chi connectivity index (χ3v) is 5.13. The van der Waals surface area contributed by atoms with E-state index in [4.69, 9.17) is 4.99 Å². The largest absolute Gasteiger partial charge is 0.396 e. The summed E-state index contributed by atoms with van der Waals surface area (Å²) in [6, 6.07) is 6.58. The van der Waals surface area contributed by atoms with Crippen LogP contribution in [-0.2, 0) is 6.54 Å². The monoisotopic (exact) mass is 375 g/mol. The number of piperidine rings is 1. The van der Waals surface area contributed by atoms with Crippen LogP contribution in [0.2, 0.25) is 0 Å². The van der Waals surface area contributed by atoms with Crippen LogP contribution in [0.25, 0.3) is 0 Å². The van der Waals surface area contributed by atoms with Crippen LogP contribution in [0.1, 0.15) is 51.6 Å². The molecule has 0 radical (unpaired) electrons. The molecule has 1 aromatic heterocycles. The van der Waals surface area contributed by atoms with E-state index in [1.807, 2.05) is 12.3 Å². The molecule has 6 nitrogen and oxygen atoms in total. The van der Waals surface area contributed by atoms with Crippen molar-refractivity contribution in [2.24, 2.45) is 10.9 Å². The highest BCUT2D eigenvalue weighted by Gasteiger charge is 2.20. The Morgan fingerprint density at radius 3 is 2.74 bits per heavy atom. The van der Waals surface area contributed by atoms with Gasteiger partial charge >= 0.3 is 0 Å². The van der Waals surface area contributed by atoms with Gasteiger partial charge in [0.2, 0.25) is 0 Å². The zero-order valence-electron chi connectivity index (χ0n) is 17.0. The van der Waals surface area contributed by atoms with Crippen molar-refractivity contribution in [1.29, 1.82) is 0 Å². The van der Waals surface area contributed by atoms with Crippen molar-refractivity contribution in [3.05, 3.63) is 30.1 Å². The van der Waals surface area contributed by atoms with E-state index < -0.39 is 0 Å². The fraction of sp³-hybridized carbons (Fsp3) is 0.714. The summed E-state index contributed by atoms with van der Waals surface area (Å²) in [6.07, 6.45) is 7.20. The van der Waals surface area contributed by atoms with Gasteiger partial charge in [0.05, 0.1) is 5.69 Å². The minimum Gasteiger partial charge on any atom is -0.396 e. The molecule has 1 unspecified atom stereocenters. The van der Waals surface area contributed by atoms with Crippen molar-refractivity contribution < 1.29 is 5.11 Å². The highest BCUT2D eigenvalue weighted by molar-refractivity contribution is 5.80. The molecule has 0 amide bonds. The number of pyridine rings is 1. The topological polar surface area (TPSA) is 72.8 Å². The first-order valence-electron chi connectivity index (χ1n) is 10.5. The maximum atomic E-state index is 9.23. The molecule has 3 N–H and O–H groups in total. The Kier molecular flexibility index (Phi) is 10.2. The first kappa shape index (κ1) is 21.6. The minimum absolute atomic E-state index is 0.249. The number of guanidine groups is 1. The molecule has 2 rings (SSSR count). The van der Waals surface area contributed by atoms with Crippen molar-refractivity contribution in [3.63, 3.8) is 0 Å². The van der Waals surface area contributed by atoms with Crippen LogP contribution in [0, 0.1) is 5.92 Å². The van der Waals surface area contributed by atoms with E-state index in [1.165, 1.54) is 0 Å². The van der Waals surface area contributed by atoms with Crippen molar-refractivity contribution in [3.8, 4) is 0 Å². The van der Waals surface area contributed by atoms with E-state index >= 15 is 0 Å². The normalized spacial score (nSPS) is 17.7. The van der Waals surface area contributed by atoms with Gasteiger partial charge in [-0.25, -0.2) is 0 Å². The van der Waals surface area contributed by atoms with Gasteiger partial charge in [0, 0.05) is 51.6 Å². The molecule has 1 saturated heterocycles. The number of rotatable bonds is 10. The van der Waals surface area contributed by atoms with Crippen molar-refractivity contribution in [2.45, 2.75) is 58.5 Å². The van der Waals surface area contributed by atoms with Crippen molar-refractivity contribution in [1.82, 2.24) is 20.5 Å². The average Bonchev–Trinajstić information content (AvgIpc) is 2.69. The van der Waals surface area contributed by atoms with Crippen molar-refractivity contribution in [2.75, 3.05) is 32.8 Å². The highest BCUT2D eigenvalue weighted by Crippen LogP contribution is 2.14. The van der Waals surface area contributed by atoms with Crippen LogP contribution in [0.15, 0.2) is 29.4 Å². The van der Waals surface area contributed by atoms with Crippen LogP contribution in [-0.4, -0.2) is 59.8 Å². The number of likely N-dealkylation sites (tertiary alicyclic amines) is 1. The van der Waals surface area contributed by atoms with Gasteiger partial charge in [-0.2, -0.15) is 0 Å². The van der Waals surface area contributed by atoms with E-state index in [-0.39, 0.29) is 6.61 Å². The second-order valence-electron chi connectivity index (χ2n) is 7.40. The fourth-order valence-electron chi connectivity index (χ4n) is 3.61. The molecule has 2 heterocycles. The quantitative estimate of drug-likeness (QED) is 0.433. The molecular weight excluding hydrogens is 338 g/mol. The van der Waals surface area contributed by atoms with Gasteiger partial charge in [-0.15, -0.1) is 0 Å². The molecule has 0 spiro atoms. The minimum atomic E-state index is 0.249. The Bertz CT molecular complexity index is 523. The molecule has 0 aromatic carbocycles. The summed E-state index contributed by atoms with van der Waals surface area (Å²) in [7, 11) is 0. The van der Waals surface area contributed by atoms with Gasteiger partial charge in [0.25, 0.3) is 0 Å². The van der Waals surface area contributed by atoms with E-state index in [2.05, 4.69) is 46.5 Å². The molecule has 0 bridgehead atoms. The molecule has 1 aliphatic heterocycles. The second kappa shape index (κ2) is 12.7. The summed E-state index contributed by atoms with van der Waals surface area (Å²) < 4.78 is 0. The lowest BCUT2D eigenvalue weighted by Gasteiger charge is -2.33. The molecule has 0 aliphatic carbocycles. The average molecular weight is 376 g/mol. The molecule has 6 heteroatoms. The summed E-state index contributed by atoms with van der Waals surface area (Å²) >= 11 is 0. The number of hydrogen-bond acceptors (Lipinski definition) is 4. The summed E-state index contributed by atoms with van der Waals surface area (Å²) in [5.74, 6) is 1.38. The zero-order valence-corrected chi connectivity index (χ0v) is 17.0. The molecule has 1 aliphatic rings. The summed E-state index contributed by atoms with van der Waals surface area (Å²) in [5, 5.41) is 16.2. The number of aliphatic hydroxyl groups is 1. The lowest BCUT2D eigenvalue weighted by atomic mass is 10.0. The predicted molar refractivity (Wildman–Crippen MR) is 112 cm³/mol. The Morgan fingerprint density at radius 1 is 1.30 bits per heavy atom. The summed E-state index contributed by atoms with van der Waals surface area (Å²) in [4.78, 5) is 11.7. The lowest BCUT2D eigenvalue weighted by molar-refractivity contribution is 0.196. The molecule has 1 aromatic rings.